The normalized spacial score (nSPS) is 11.6. The van der Waals surface area contributed by atoms with Crippen LogP contribution < -0.4 is 25.7 Å². The molecular formula is C37H42FN8O2+. The van der Waals surface area contributed by atoms with E-state index in [0.29, 0.717) is 29.9 Å². The molecule has 6 aromatic rings. The number of fused-ring (bicyclic) bond motifs is 2. The molecule has 0 amide bonds. The fourth-order valence-electron chi connectivity index (χ4n) is 5.96. The maximum atomic E-state index is 15.5. The van der Waals surface area contributed by atoms with Crippen LogP contribution in [0.25, 0.3) is 34.0 Å². The van der Waals surface area contributed by atoms with Crippen LogP contribution in [0.1, 0.15) is 37.9 Å². The number of imidazole rings is 2. The van der Waals surface area contributed by atoms with E-state index in [4.69, 9.17) is 4.42 Å². The Morgan fingerprint density at radius 3 is 2.23 bits per heavy atom. The molecule has 0 aliphatic heterocycles. The third-order valence-electron chi connectivity index (χ3n) is 8.66. The number of nitrogens with zero attached hydrogens (tertiary/aromatic N) is 6. The van der Waals surface area contributed by atoms with Gasteiger partial charge in [0.05, 0.1) is 35.0 Å². The number of nitrogens with one attached hydrogen (secondary N) is 2. The Hall–Kier alpha value is -5.45. The minimum atomic E-state index is -0.402. The van der Waals surface area contributed by atoms with Crippen molar-refractivity contribution in [3.8, 4) is 0 Å². The minimum absolute atomic E-state index is 0.312. The van der Waals surface area contributed by atoms with Crippen LogP contribution >= 0.6 is 0 Å². The lowest BCUT2D eigenvalue weighted by atomic mass is 10.1. The molecule has 0 bridgehead atoms. The summed E-state index contributed by atoms with van der Waals surface area (Å²) < 4.78 is 27.3. The summed E-state index contributed by atoms with van der Waals surface area (Å²) >= 11 is 0. The summed E-state index contributed by atoms with van der Waals surface area (Å²) in [6.07, 6.45) is 16.3. The Kier molecular flexibility index (Phi) is 10.1. The van der Waals surface area contributed by atoms with Gasteiger partial charge in [-0.3, -0.25) is 0 Å². The van der Waals surface area contributed by atoms with Crippen LogP contribution in [0.15, 0.2) is 89.1 Å². The second-order valence-electron chi connectivity index (χ2n) is 11.8. The molecular weight excluding hydrogens is 607 g/mol. The third-order valence-corrected chi connectivity index (χ3v) is 8.66. The zero-order valence-corrected chi connectivity index (χ0v) is 27.7. The summed E-state index contributed by atoms with van der Waals surface area (Å²) in [5, 5.41) is 8.43. The number of anilines is 3. The van der Waals surface area contributed by atoms with Crippen LogP contribution in [-0.4, -0.2) is 45.3 Å². The summed E-state index contributed by atoms with van der Waals surface area (Å²) in [4.78, 5) is 23.5. The standard InChI is InChI=1S/C37H41FN8O2/c1-4-46(5-2)30-11-8-27-20-28(37(47)48-36(27)22-30)9-10-29-21-33(41-12-6-16-44-18-14-39-25-44)31-23-32(38)34(24-35(31)43(29)3)42-13-7-17-45-19-15-40-26-45/h8-11,14-15,18-26H,4-7,12-13,16-17H2,1-3H3,(H,41,42)/p+1/b10-9+. The first kappa shape index (κ1) is 32.5. The maximum Gasteiger partial charge on any atom is 0.343 e. The molecule has 0 fully saturated rings. The lowest BCUT2D eigenvalue weighted by molar-refractivity contribution is -0.646. The number of pyridine rings is 1. The predicted molar refractivity (Wildman–Crippen MR) is 191 cm³/mol. The Bertz CT molecular complexity index is 2070. The molecule has 0 saturated carbocycles. The summed E-state index contributed by atoms with van der Waals surface area (Å²) in [5.41, 5.74) is 4.58. The SMILES string of the molecule is CCN(CC)c1ccc2cc(/C=C/c3cc(NCCCn4ccnc4)c4cc(F)c(NCCCn5ccnc5)cc4[n+]3C)c(=O)oc2c1. The highest BCUT2D eigenvalue weighted by atomic mass is 19.1. The molecule has 0 unspecified atom stereocenters. The molecule has 0 aliphatic rings. The molecule has 2 N–H and O–H groups in total. The van der Waals surface area contributed by atoms with E-state index in [1.165, 1.54) is 0 Å². The molecule has 0 atom stereocenters. The van der Waals surface area contributed by atoms with Gasteiger partial charge < -0.3 is 29.1 Å². The van der Waals surface area contributed by atoms with E-state index in [2.05, 4.69) is 45.4 Å². The molecule has 0 saturated heterocycles. The third kappa shape index (κ3) is 7.41. The first-order valence-corrected chi connectivity index (χ1v) is 16.5. The fraction of sp³-hybridized carbons (Fsp3) is 0.297. The number of aryl methyl sites for hydroxylation is 3. The van der Waals surface area contributed by atoms with Gasteiger partial charge in [-0.1, -0.05) is 0 Å². The van der Waals surface area contributed by atoms with Gasteiger partial charge in [0, 0.05) is 99.4 Å². The average molecular weight is 650 g/mol. The van der Waals surface area contributed by atoms with Crippen molar-refractivity contribution in [3.63, 3.8) is 0 Å². The fourth-order valence-corrected chi connectivity index (χ4v) is 5.96. The maximum absolute atomic E-state index is 15.5. The second-order valence-corrected chi connectivity index (χ2v) is 11.8. The molecule has 2 aromatic carbocycles. The molecule has 11 heteroatoms. The first-order valence-electron chi connectivity index (χ1n) is 16.5. The molecule has 0 aliphatic carbocycles. The van der Waals surface area contributed by atoms with Gasteiger partial charge in [-0.2, -0.15) is 4.57 Å². The topological polar surface area (TPSA) is 97.0 Å². The van der Waals surface area contributed by atoms with E-state index in [9.17, 15) is 4.79 Å². The Morgan fingerprint density at radius 1 is 0.896 bits per heavy atom. The Morgan fingerprint density at radius 2 is 1.58 bits per heavy atom. The van der Waals surface area contributed by atoms with Crippen LogP contribution in [0, 0.1) is 5.82 Å². The Labute approximate surface area is 279 Å². The van der Waals surface area contributed by atoms with Crippen LogP contribution in [0.4, 0.5) is 21.5 Å². The van der Waals surface area contributed by atoms with Crippen molar-refractivity contribution < 1.29 is 13.4 Å². The van der Waals surface area contributed by atoms with Gasteiger partial charge in [-0.05, 0) is 57.0 Å². The van der Waals surface area contributed by atoms with Crippen LogP contribution in [-0.2, 0) is 20.1 Å². The molecule has 48 heavy (non-hydrogen) atoms. The molecule has 10 nitrogen and oxygen atoms in total. The molecule has 4 heterocycles. The van der Waals surface area contributed by atoms with Gasteiger partial charge >= 0.3 is 5.63 Å². The lowest BCUT2D eigenvalue weighted by Gasteiger charge is -2.20. The van der Waals surface area contributed by atoms with Crippen LogP contribution in [0.3, 0.4) is 0 Å². The molecule has 0 spiro atoms. The van der Waals surface area contributed by atoms with Gasteiger partial charge in [-0.15, -0.1) is 0 Å². The number of hydrogen-bond donors (Lipinski definition) is 2. The van der Waals surface area contributed by atoms with E-state index < -0.39 is 5.63 Å². The van der Waals surface area contributed by atoms with Gasteiger partial charge in [-0.25, -0.2) is 19.2 Å². The highest BCUT2D eigenvalue weighted by Gasteiger charge is 2.19. The van der Waals surface area contributed by atoms with Crippen molar-refractivity contribution in [3.05, 3.63) is 107 Å². The number of halogens is 1. The zero-order valence-electron chi connectivity index (χ0n) is 27.7. The van der Waals surface area contributed by atoms with Crippen molar-refractivity contribution in [2.75, 3.05) is 41.7 Å². The Balaban J connectivity index is 1.29. The van der Waals surface area contributed by atoms with Crippen molar-refractivity contribution in [1.82, 2.24) is 19.1 Å². The summed E-state index contributed by atoms with van der Waals surface area (Å²) in [7, 11) is 1.95. The van der Waals surface area contributed by atoms with Crippen molar-refractivity contribution in [2.45, 2.75) is 39.8 Å². The molecule has 4 aromatic heterocycles. The molecule has 6 rings (SSSR count). The highest BCUT2D eigenvalue weighted by molar-refractivity contribution is 5.92. The minimum Gasteiger partial charge on any atom is -0.422 e. The van der Waals surface area contributed by atoms with Gasteiger partial charge in [0.1, 0.15) is 18.4 Å². The quantitative estimate of drug-likeness (QED) is 0.0763. The number of hydrogen-bond acceptors (Lipinski definition) is 7. The zero-order chi connectivity index (χ0) is 33.5. The average Bonchev–Trinajstić information content (AvgIpc) is 3.81. The second kappa shape index (κ2) is 15.0. The van der Waals surface area contributed by atoms with E-state index >= 15 is 4.39 Å². The summed E-state index contributed by atoms with van der Waals surface area (Å²) in [5.74, 6) is -0.312. The number of aromatic nitrogens is 5. The van der Waals surface area contributed by atoms with E-state index in [1.807, 2.05) is 69.6 Å². The molecule has 0 radical (unpaired) electrons. The smallest absolute Gasteiger partial charge is 0.343 e. The van der Waals surface area contributed by atoms with Crippen molar-refractivity contribution in [2.24, 2.45) is 7.05 Å². The monoisotopic (exact) mass is 649 g/mol. The number of rotatable bonds is 15. The number of benzene rings is 2. The van der Waals surface area contributed by atoms with Crippen molar-refractivity contribution in [1.29, 1.82) is 0 Å². The lowest BCUT2D eigenvalue weighted by Crippen LogP contribution is -2.33. The van der Waals surface area contributed by atoms with Gasteiger partial charge in [0.25, 0.3) is 0 Å². The van der Waals surface area contributed by atoms with E-state index in [0.717, 1.165) is 72.4 Å². The van der Waals surface area contributed by atoms with Gasteiger partial charge in [0.15, 0.2) is 0 Å². The van der Waals surface area contributed by atoms with Crippen molar-refractivity contribution >= 4 is 51.1 Å². The van der Waals surface area contributed by atoms with Crippen LogP contribution in [0.5, 0.6) is 0 Å². The van der Waals surface area contributed by atoms with E-state index in [-0.39, 0.29) is 5.82 Å². The van der Waals surface area contributed by atoms with E-state index in [1.54, 1.807) is 37.2 Å². The summed E-state index contributed by atoms with van der Waals surface area (Å²) in [6, 6.07) is 13.3. The van der Waals surface area contributed by atoms with Crippen LogP contribution in [0.2, 0.25) is 0 Å². The summed E-state index contributed by atoms with van der Waals surface area (Å²) in [6.45, 7) is 8.84. The highest BCUT2D eigenvalue weighted by Crippen LogP contribution is 2.29. The largest absolute Gasteiger partial charge is 0.422 e. The predicted octanol–water partition coefficient (Wildman–Crippen LogP) is 6.32. The first-order chi connectivity index (χ1) is 23.4. The van der Waals surface area contributed by atoms with Gasteiger partial charge in [0.2, 0.25) is 11.2 Å². The molecule has 248 valence electrons.